The highest BCUT2D eigenvalue weighted by Crippen LogP contribution is 2.44. The van der Waals surface area contributed by atoms with Crippen LogP contribution < -0.4 is 5.56 Å². The summed E-state index contributed by atoms with van der Waals surface area (Å²) < 4.78 is 13.2. The fraction of sp³-hybridized carbons (Fsp3) is 0.688. The van der Waals surface area contributed by atoms with Crippen molar-refractivity contribution in [3.63, 3.8) is 0 Å². The van der Waals surface area contributed by atoms with Gasteiger partial charge in [0.25, 0.3) is 5.56 Å². The topological polar surface area (TPSA) is 95.2 Å². The van der Waals surface area contributed by atoms with Crippen molar-refractivity contribution >= 4 is 22.7 Å². The largest absolute Gasteiger partial charge is 0.466 e. The number of fused-ring (bicyclic) bond motifs is 5. The number of rotatable bonds is 8. The second kappa shape index (κ2) is 12.6. The number of aromatic nitrogens is 2. The summed E-state index contributed by atoms with van der Waals surface area (Å²) in [7, 11) is 1.45. The Hall–Kier alpha value is -2.78. The predicted molar refractivity (Wildman–Crippen MR) is 157 cm³/mol. The summed E-state index contributed by atoms with van der Waals surface area (Å²) in [6, 6.07) is 9.09. The number of carbonyl (C=O) groups is 1. The lowest BCUT2D eigenvalue weighted by molar-refractivity contribution is -0.142. The minimum absolute atomic E-state index is 0.0315. The van der Waals surface area contributed by atoms with Crippen LogP contribution in [0, 0.1) is 11.8 Å². The molecule has 9 nitrogen and oxygen atoms in total. The molecule has 2 aliphatic heterocycles. The number of para-hydroxylation sites is 2. The van der Waals surface area contributed by atoms with E-state index in [-0.39, 0.29) is 36.1 Å². The van der Waals surface area contributed by atoms with Crippen LogP contribution in [-0.4, -0.2) is 71.2 Å². The summed E-state index contributed by atoms with van der Waals surface area (Å²) in [5, 5.41) is 4.15. The Kier molecular flexibility index (Phi) is 8.72. The van der Waals surface area contributed by atoms with E-state index in [1.165, 1.54) is 52.1 Å². The van der Waals surface area contributed by atoms with Crippen LogP contribution in [0.15, 0.2) is 34.2 Å². The Morgan fingerprint density at radius 2 is 1.68 bits per heavy atom. The maximum Gasteiger partial charge on any atom is 0.306 e. The molecule has 2 aromatic rings. The third-order valence-electron chi connectivity index (χ3n) is 9.83. The molecule has 2 saturated carbocycles. The molecule has 4 aliphatic rings. The van der Waals surface area contributed by atoms with Crippen molar-refractivity contribution in [3.8, 4) is 0 Å². The number of nitrogens with zero attached hydrogens (tertiary/aromatic N) is 4. The number of ether oxygens (including phenoxy) is 2. The highest BCUT2D eigenvalue weighted by molar-refractivity contribution is 6.00. The molecule has 0 N–H and O–H groups in total. The number of esters is 1. The van der Waals surface area contributed by atoms with Crippen LogP contribution in [0.3, 0.4) is 0 Å². The van der Waals surface area contributed by atoms with E-state index in [2.05, 4.69) is 10.1 Å². The van der Waals surface area contributed by atoms with Gasteiger partial charge in [-0.3, -0.25) is 14.5 Å². The van der Waals surface area contributed by atoms with Gasteiger partial charge in [-0.15, -0.1) is 0 Å². The first-order valence-corrected chi connectivity index (χ1v) is 15.7. The molecule has 1 aromatic carbocycles. The Morgan fingerprint density at radius 1 is 0.976 bits per heavy atom. The Bertz CT molecular complexity index is 1300. The molecule has 2 saturated heterocycles. The number of benzene rings is 1. The first-order valence-electron chi connectivity index (χ1n) is 15.7. The van der Waals surface area contributed by atoms with Crippen LogP contribution in [0.25, 0.3) is 11.0 Å². The fourth-order valence-electron chi connectivity index (χ4n) is 8.31. The summed E-state index contributed by atoms with van der Waals surface area (Å²) in [6.07, 6.45) is 11.7. The molecule has 0 spiro atoms. The lowest BCUT2D eigenvalue weighted by Gasteiger charge is -2.54. The molecule has 0 radical (unpaired) electrons. The van der Waals surface area contributed by atoms with Crippen LogP contribution in [0.2, 0.25) is 0 Å². The van der Waals surface area contributed by atoms with Crippen molar-refractivity contribution in [2.75, 3.05) is 26.9 Å². The zero-order valence-electron chi connectivity index (χ0n) is 24.5. The van der Waals surface area contributed by atoms with E-state index in [1.54, 1.807) is 6.92 Å². The minimum atomic E-state index is -0.333. The zero-order chi connectivity index (χ0) is 28.3. The van der Waals surface area contributed by atoms with E-state index in [0.717, 1.165) is 48.9 Å². The van der Waals surface area contributed by atoms with E-state index < -0.39 is 0 Å². The van der Waals surface area contributed by atoms with Crippen LogP contribution in [0.1, 0.15) is 89.3 Å². The molecule has 9 heteroatoms. The van der Waals surface area contributed by atoms with Gasteiger partial charge in [0.2, 0.25) is 0 Å². The molecule has 2 aliphatic carbocycles. The molecule has 4 bridgehead atoms. The molecule has 6 rings (SSSR count). The van der Waals surface area contributed by atoms with Crippen LogP contribution in [0.4, 0.5) is 0 Å². The van der Waals surface area contributed by atoms with E-state index in [0.29, 0.717) is 30.4 Å². The number of morpholine rings is 1. The van der Waals surface area contributed by atoms with Gasteiger partial charge in [-0.05, 0) is 63.0 Å². The van der Waals surface area contributed by atoms with Crippen molar-refractivity contribution in [1.82, 2.24) is 14.5 Å². The molecule has 3 heterocycles. The number of oxime groups is 1. The molecule has 41 heavy (non-hydrogen) atoms. The zero-order valence-corrected chi connectivity index (χ0v) is 24.5. The summed E-state index contributed by atoms with van der Waals surface area (Å²) >= 11 is 0. The first-order chi connectivity index (χ1) is 20.1. The summed E-state index contributed by atoms with van der Waals surface area (Å²) in [5.74, 6) is 1.39. The summed E-state index contributed by atoms with van der Waals surface area (Å²) in [4.78, 5) is 39.0. The average molecular weight is 565 g/mol. The lowest BCUT2D eigenvalue weighted by Crippen LogP contribution is -2.62. The van der Waals surface area contributed by atoms with Crippen molar-refractivity contribution in [2.45, 2.75) is 102 Å². The van der Waals surface area contributed by atoms with Crippen LogP contribution in [0.5, 0.6) is 0 Å². The van der Waals surface area contributed by atoms with Crippen LogP contribution >= 0.6 is 0 Å². The Labute approximate surface area is 242 Å². The van der Waals surface area contributed by atoms with Gasteiger partial charge >= 0.3 is 5.97 Å². The van der Waals surface area contributed by atoms with E-state index in [4.69, 9.17) is 19.3 Å². The van der Waals surface area contributed by atoms with Gasteiger partial charge < -0.3 is 18.9 Å². The second-order valence-electron chi connectivity index (χ2n) is 12.4. The molecule has 2 unspecified atom stereocenters. The van der Waals surface area contributed by atoms with Gasteiger partial charge in [0.05, 0.1) is 37.3 Å². The normalized spacial score (nSPS) is 30.5. The van der Waals surface area contributed by atoms with E-state index in [9.17, 15) is 9.59 Å². The SMILES string of the molecule is CCOC(=O)CCC(=NOC)c1nc2ccccc2n(C2C[C@H]3COC[C@H](C2)N3C2CC3CCCC[C@H](C3)C2)c1=O. The number of piperidine rings is 1. The monoisotopic (exact) mass is 564 g/mol. The van der Waals surface area contributed by atoms with Gasteiger partial charge in [0.1, 0.15) is 12.8 Å². The third kappa shape index (κ3) is 5.93. The molecular weight excluding hydrogens is 520 g/mol. The number of hydrogen-bond acceptors (Lipinski definition) is 8. The van der Waals surface area contributed by atoms with Gasteiger partial charge in [-0.2, -0.15) is 0 Å². The maximum absolute atomic E-state index is 14.2. The standard InChI is InChI=1S/C32H44N4O5/c1-3-41-30(37)13-12-28(34-39-2)31-32(38)36(29-11-7-6-10-27(29)33-31)24-17-25-19-40-20-26(18-24)35(25)23-15-21-8-4-5-9-22(14-21)16-23/h6-7,10-11,21-26H,3-5,8-9,12-20H2,1-2H3/t21-,22?,23?,25+,26+/m1/s1. The molecule has 5 atom stereocenters. The smallest absolute Gasteiger partial charge is 0.306 e. The average Bonchev–Trinajstić information content (AvgIpc) is 3.13. The Morgan fingerprint density at radius 3 is 2.37 bits per heavy atom. The van der Waals surface area contributed by atoms with Crippen LogP contribution in [-0.2, 0) is 19.1 Å². The predicted octanol–water partition coefficient (Wildman–Crippen LogP) is 4.85. The molecular formula is C32H44N4O5. The Balaban J connectivity index is 1.32. The lowest BCUT2D eigenvalue weighted by atomic mass is 9.75. The molecule has 222 valence electrons. The van der Waals surface area contributed by atoms with Crippen molar-refractivity contribution in [1.29, 1.82) is 0 Å². The maximum atomic E-state index is 14.2. The molecule has 0 amide bonds. The molecule has 1 aromatic heterocycles. The van der Waals surface area contributed by atoms with Gasteiger partial charge in [0.15, 0.2) is 5.69 Å². The summed E-state index contributed by atoms with van der Waals surface area (Å²) in [6.45, 7) is 3.53. The highest BCUT2D eigenvalue weighted by atomic mass is 16.6. The fourth-order valence-corrected chi connectivity index (χ4v) is 8.31. The highest BCUT2D eigenvalue weighted by Gasteiger charge is 2.46. The van der Waals surface area contributed by atoms with E-state index >= 15 is 0 Å². The minimum Gasteiger partial charge on any atom is -0.466 e. The third-order valence-corrected chi connectivity index (χ3v) is 9.83. The van der Waals surface area contributed by atoms with E-state index in [1.807, 2.05) is 28.8 Å². The van der Waals surface area contributed by atoms with Gasteiger partial charge in [-0.25, -0.2) is 4.98 Å². The quantitative estimate of drug-likeness (QED) is 0.257. The van der Waals surface area contributed by atoms with Gasteiger partial charge in [-0.1, -0.05) is 43.0 Å². The first kappa shape index (κ1) is 28.3. The van der Waals surface area contributed by atoms with Crippen molar-refractivity contribution in [3.05, 3.63) is 40.3 Å². The van der Waals surface area contributed by atoms with Gasteiger partial charge in [0, 0.05) is 30.6 Å². The molecule has 4 fully saturated rings. The van der Waals surface area contributed by atoms with Crippen molar-refractivity contribution < 1.29 is 19.1 Å². The summed E-state index contributed by atoms with van der Waals surface area (Å²) in [5.41, 5.74) is 2.02. The number of carbonyl (C=O) groups excluding carboxylic acids is 1. The van der Waals surface area contributed by atoms with Crippen molar-refractivity contribution in [2.24, 2.45) is 17.0 Å². The number of hydrogen-bond donors (Lipinski definition) is 0. The second-order valence-corrected chi connectivity index (χ2v) is 12.4.